The van der Waals surface area contributed by atoms with Crippen LogP contribution in [-0.2, 0) is 8.94 Å². The van der Waals surface area contributed by atoms with Gasteiger partial charge in [0, 0.05) is 0 Å². The fourth-order valence-corrected chi connectivity index (χ4v) is 5.23. The van der Waals surface area contributed by atoms with Gasteiger partial charge in [-0.25, -0.2) is 0 Å². The van der Waals surface area contributed by atoms with Crippen molar-refractivity contribution in [2.24, 2.45) is 0 Å². The Hall–Kier alpha value is -1.65. The van der Waals surface area contributed by atoms with Crippen molar-refractivity contribution in [3.63, 3.8) is 0 Å². The van der Waals surface area contributed by atoms with Gasteiger partial charge in [0.2, 0.25) is 0 Å². The van der Waals surface area contributed by atoms with Crippen LogP contribution in [-0.4, -0.2) is 20.9 Å². The van der Waals surface area contributed by atoms with Crippen molar-refractivity contribution >= 4 is 20.9 Å². The molecule has 0 atom stereocenters. The molecule has 0 aliphatic carbocycles. The first-order chi connectivity index (χ1) is 10.4. The zero-order chi connectivity index (χ0) is 14.3. The fraction of sp³-hybridized carbons (Fsp3) is 0.200. The number of fused-ring (bicyclic) bond motifs is 2. The zero-order valence-electron chi connectivity index (χ0n) is 11.9. The number of benzene rings is 2. The molecule has 0 saturated carbocycles. The standard InChI is InChI=1S/C20H16Te/c1-2-4-10-18-12-6-8-14-20(18)16-21-15-19-13-7-5-11-17(19)9-3-1/h5-8,11-14H,1-2,15-16H2. The van der Waals surface area contributed by atoms with Crippen LogP contribution >= 0.6 is 0 Å². The van der Waals surface area contributed by atoms with Gasteiger partial charge in [-0.15, -0.1) is 0 Å². The molecule has 0 amide bonds. The second-order valence-electron chi connectivity index (χ2n) is 4.91. The molecular weight excluding hydrogens is 368 g/mol. The Kier molecular flexibility index (Phi) is 5.03. The van der Waals surface area contributed by atoms with E-state index in [2.05, 4.69) is 72.2 Å². The van der Waals surface area contributed by atoms with E-state index in [0.29, 0.717) is 0 Å². The Labute approximate surface area is 137 Å². The molecule has 1 heterocycles. The number of rotatable bonds is 0. The van der Waals surface area contributed by atoms with Crippen LogP contribution in [0.5, 0.6) is 0 Å². The molecule has 0 spiro atoms. The van der Waals surface area contributed by atoms with E-state index in [1.165, 1.54) is 31.2 Å². The molecule has 0 bridgehead atoms. The molecule has 0 N–H and O–H groups in total. The summed E-state index contributed by atoms with van der Waals surface area (Å²) in [6.45, 7) is 0. The van der Waals surface area contributed by atoms with Gasteiger partial charge in [-0.2, -0.15) is 0 Å². The molecular formula is C20H16Te. The average molecular weight is 384 g/mol. The first kappa shape index (κ1) is 14.3. The maximum atomic E-state index is 3.33. The number of hydrogen-bond acceptors (Lipinski definition) is 0. The molecule has 1 aliphatic heterocycles. The van der Waals surface area contributed by atoms with E-state index in [-0.39, 0.29) is 20.9 Å². The molecule has 0 saturated heterocycles. The summed E-state index contributed by atoms with van der Waals surface area (Å²) in [5, 5.41) is 0. The van der Waals surface area contributed by atoms with Gasteiger partial charge >= 0.3 is 137 Å². The van der Waals surface area contributed by atoms with Crippen molar-refractivity contribution in [2.45, 2.75) is 21.8 Å². The molecule has 102 valence electrons. The third-order valence-corrected chi connectivity index (χ3v) is 6.31. The van der Waals surface area contributed by atoms with E-state index in [4.69, 9.17) is 0 Å². The van der Waals surface area contributed by atoms with Gasteiger partial charge < -0.3 is 0 Å². The SMILES string of the molecule is C1#Cc2ccccc2C[Te]Cc2ccccc2C#CCC1. The van der Waals surface area contributed by atoms with Gasteiger partial charge in [0.25, 0.3) is 0 Å². The van der Waals surface area contributed by atoms with E-state index in [1.54, 1.807) is 0 Å². The van der Waals surface area contributed by atoms with Gasteiger partial charge in [-0.05, 0) is 0 Å². The first-order valence-electron chi connectivity index (χ1n) is 7.15. The van der Waals surface area contributed by atoms with E-state index in [0.717, 1.165) is 12.8 Å². The Bertz CT molecular complexity index is 685. The Morgan fingerprint density at radius 2 is 1.14 bits per heavy atom. The molecule has 1 heteroatoms. The first-order valence-corrected chi connectivity index (χ1v) is 10.4. The average Bonchev–Trinajstić information content (AvgIpc) is 2.54. The Balaban J connectivity index is 1.90. The third-order valence-electron chi connectivity index (χ3n) is 3.37. The van der Waals surface area contributed by atoms with Crippen molar-refractivity contribution in [2.75, 3.05) is 0 Å². The molecule has 0 nitrogen and oxygen atoms in total. The predicted octanol–water partition coefficient (Wildman–Crippen LogP) is 3.59. The van der Waals surface area contributed by atoms with Gasteiger partial charge in [-0.1, -0.05) is 0 Å². The molecule has 0 fully saturated rings. The maximum absolute atomic E-state index is 3.33. The van der Waals surface area contributed by atoms with Crippen LogP contribution in [0.1, 0.15) is 35.1 Å². The summed E-state index contributed by atoms with van der Waals surface area (Å²) in [5.74, 6) is 13.2. The molecule has 0 radical (unpaired) electrons. The summed E-state index contributed by atoms with van der Waals surface area (Å²) in [5.41, 5.74) is 5.27. The van der Waals surface area contributed by atoms with E-state index in [1.807, 2.05) is 0 Å². The summed E-state index contributed by atoms with van der Waals surface area (Å²) in [6.07, 6.45) is 1.69. The summed E-state index contributed by atoms with van der Waals surface area (Å²) >= 11 is -0.0931. The molecule has 21 heavy (non-hydrogen) atoms. The quantitative estimate of drug-likeness (QED) is 0.481. The van der Waals surface area contributed by atoms with Crippen molar-refractivity contribution in [1.29, 1.82) is 0 Å². The summed E-state index contributed by atoms with van der Waals surface area (Å²) < 4.78 is 2.41. The van der Waals surface area contributed by atoms with Crippen molar-refractivity contribution in [1.82, 2.24) is 0 Å². The van der Waals surface area contributed by atoms with Gasteiger partial charge in [0.05, 0.1) is 0 Å². The second kappa shape index (κ2) is 7.38. The van der Waals surface area contributed by atoms with E-state index < -0.39 is 0 Å². The molecule has 0 aromatic heterocycles. The van der Waals surface area contributed by atoms with Crippen LogP contribution in [0, 0.1) is 23.7 Å². The monoisotopic (exact) mass is 386 g/mol. The van der Waals surface area contributed by atoms with Crippen molar-refractivity contribution < 1.29 is 0 Å². The minimum absolute atomic E-state index is 0.0931. The fourth-order valence-electron chi connectivity index (χ4n) is 2.25. The van der Waals surface area contributed by atoms with Crippen LogP contribution in [0.25, 0.3) is 0 Å². The molecule has 1 aliphatic rings. The molecule has 2 aromatic carbocycles. The van der Waals surface area contributed by atoms with Gasteiger partial charge in [-0.3, -0.25) is 0 Å². The van der Waals surface area contributed by atoms with Crippen LogP contribution < -0.4 is 0 Å². The number of hydrogen-bond donors (Lipinski definition) is 0. The van der Waals surface area contributed by atoms with Gasteiger partial charge in [0.1, 0.15) is 0 Å². The van der Waals surface area contributed by atoms with Crippen LogP contribution in [0.4, 0.5) is 0 Å². The molecule has 0 unspecified atom stereocenters. The normalized spacial score (nSPS) is 13.7. The Morgan fingerprint density at radius 1 is 0.667 bits per heavy atom. The van der Waals surface area contributed by atoms with Crippen LogP contribution in [0.15, 0.2) is 48.5 Å². The zero-order valence-corrected chi connectivity index (χ0v) is 14.2. The van der Waals surface area contributed by atoms with E-state index >= 15 is 0 Å². The van der Waals surface area contributed by atoms with Crippen LogP contribution in [0.2, 0.25) is 0 Å². The predicted molar refractivity (Wildman–Crippen MR) is 89.0 cm³/mol. The molecule has 2 aromatic rings. The minimum atomic E-state index is -0.0931. The van der Waals surface area contributed by atoms with Crippen molar-refractivity contribution in [3.8, 4) is 23.7 Å². The summed E-state index contributed by atoms with van der Waals surface area (Å²) in [6, 6.07) is 17.2. The van der Waals surface area contributed by atoms with Gasteiger partial charge in [0.15, 0.2) is 0 Å². The molecule has 3 rings (SSSR count). The summed E-state index contributed by atoms with van der Waals surface area (Å²) in [4.78, 5) is 0. The summed E-state index contributed by atoms with van der Waals surface area (Å²) in [7, 11) is 0. The second-order valence-corrected chi connectivity index (χ2v) is 7.72. The van der Waals surface area contributed by atoms with Crippen LogP contribution in [0.3, 0.4) is 0 Å². The van der Waals surface area contributed by atoms with E-state index in [9.17, 15) is 0 Å². The Morgan fingerprint density at radius 3 is 1.67 bits per heavy atom. The van der Waals surface area contributed by atoms with Crippen molar-refractivity contribution in [3.05, 3.63) is 70.8 Å². The topological polar surface area (TPSA) is 0 Å². The third kappa shape index (κ3) is 3.93.